The van der Waals surface area contributed by atoms with Crippen LogP contribution in [0.1, 0.15) is 34.4 Å². The van der Waals surface area contributed by atoms with E-state index >= 15 is 0 Å². The number of rotatable bonds is 7. The Hall–Kier alpha value is -3.45. The Labute approximate surface area is 178 Å². The molecule has 0 aliphatic heterocycles. The summed E-state index contributed by atoms with van der Waals surface area (Å²) in [7, 11) is -1.21. The summed E-state index contributed by atoms with van der Waals surface area (Å²) in [6, 6.07) is 19.6. The molecule has 4 aromatic rings. The molecule has 4 rings (SSSR count). The molecule has 0 bridgehead atoms. The van der Waals surface area contributed by atoms with Gasteiger partial charge in [0.25, 0.3) is 0 Å². The van der Waals surface area contributed by atoms with Crippen LogP contribution in [-0.4, -0.2) is 30.4 Å². The Kier molecular flexibility index (Phi) is 6.20. The fourth-order valence-corrected chi connectivity index (χ4v) is 3.99. The lowest BCUT2D eigenvalue weighted by Crippen LogP contribution is -2.18. The molecule has 4 heterocycles. The average molecular weight is 416 g/mol. The first-order chi connectivity index (χ1) is 14.7. The van der Waals surface area contributed by atoms with Crippen LogP contribution in [0.2, 0.25) is 0 Å². The summed E-state index contributed by atoms with van der Waals surface area (Å²) in [4.78, 5) is 18.1. The van der Waals surface area contributed by atoms with Crippen LogP contribution in [0.25, 0.3) is 0 Å². The Morgan fingerprint density at radius 2 is 1.47 bits per heavy atom. The van der Waals surface area contributed by atoms with Crippen molar-refractivity contribution in [2.45, 2.75) is 11.8 Å². The Balaban J connectivity index is 1.91. The van der Waals surface area contributed by atoms with E-state index in [0.717, 1.165) is 22.5 Å². The summed E-state index contributed by atoms with van der Waals surface area (Å²) < 4.78 is 14.6. The van der Waals surface area contributed by atoms with Gasteiger partial charge in [0.15, 0.2) is 0 Å². The predicted molar refractivity (Wildman–Crippen MR) is 118 cm³/mol. The molecule has 0 amide bonds. The minimum Gasteiger partial charge on any atom is -0.290 e. The summed E-state index contributed by atoms with van der Waals surface area (Å²) in [6.45, 7) is 0. The van der Waals surface area contributed by atoms with E-state index in [1.165, 1.54) is 0 Å². The smallest absolute Gasteiger partial charge is 0.137 e. The quantitative estimate of drug-likeness (QED) is 0.495. The topological polar surface area (TPSA) is 80.7 Å². The second-order valence-electron chi connectivity index (χ2n) is 6.79. The lowest BCUT2D eigenvalue weighted by atomic mass is 9.78. The maximum absolute atomic E-state index is 11.7. The van der Waals surface area contributed by atoms with E-state index in [0.29, 0.717) is 5.82 Å². The molecule has 0 aromatic carbocycles. The van der Waals surface area contributed by atoms with Crippen molar-refractivity contribution in [2.24, 2.45) is 0 Å². The number of aromatic nitrogens is 4. The number of hydrogen-bond acceptors (Lipinski definition) is 5. The van der Waals surface area contributed by atoms with Gasteiger partial charge in [-0.1, -0.05) is 24.3 Å². The molecule has 6 nitrogen and oxygen atoms in total. The van der Waals surface area contributed by atoms with Gasteiger partial charge in [-0.05, 0) is 47.5 Å². The van der Waals surface area contributed by atoms with Crippen LogP contribution in [0, 0.1) is 0 Å². The highest BCUT2D eigenvalue weighted by Crippen LogP contribution is 2.41. The van der Waals surface area contributed by atoms with E-state index < -0.39 is 11.0 Å². The van der Waals surface area contributed by atoms with Crippen molar-refractivity contribution in [3.05, 3.63) is 114 Å². The van der Waals surface area contributed by atoms with Crippen molar-refractivity contribution in [1.29, 1.82) is 0 Å². The third kappa shape index (κ3) is 4.58. The highest BCUT2D eigenvalue weighted by atomic mass is 32.2. The SMILES string of the molecule is CS(=O)Nc1cccc(C(c2ccccn2)C(c2cccnc2)c2cccnc2)n1. The number of nitrogens with one attached hydrogen (secondary N) is 1. The van der Waals surface area contributed by atoms with Gasteiger partial charge in [-0.3, -0.25) is 19.7 Å². The van der Waals surface area contributed by atoms with E-state index in [4.69, 9.17) is 4.98 Å². The van der Waals surface area contributed by atoms with Crippen molar-refractivity contribution in [3.63, 3.8) is 0 Å². The largest absolute Gasteiger partial charge is 0.290 e. The molecule has 0 fully saturated rings. The molecule has 0 saturated carbocycles. The first-order valence-corrected chi connectivity index (χ1v) is 11.1. The molecular formula is C23H21N5OS. The highest BCUT2D eigenvalue weighted by molar-refractivity contribution is 7.85. The Morgan fingerprint density at radius 3 is 2.03 bits per heavy atom. The predicted octanol–water partition coefficient (Wildman–Crippen LogP) is 3.94. The third-order valence-corrected chi connectivity index (χ3v) is 5.26. The minimum atomic E-state index is -1.21. The van der Waals surface area contributed by atoms with Crippen LogP contribution in [0.5, 0.6) is 0 Å². The summed E-state index contributed by atoms with van der Waals surface area (Å²) in [6.07, 6.45) is 10.6. The molecule has 2 unspecified atom stereocenters. The molecule has 4 aromatic heterocycles. The minimum absolute atomic E-state index is 0.0998. The molecule has 30 heavy (non-hydrogen) atoms. The Bertz CT molecular complexity index is 1070. The lowest BCUT2D eigenvalue weighted by Gasteiger charge is -2.27. The molecule has 2 atom stereocenters. The highest BCUT2D eigenvalue weighted by Gasteiger charge is 2.30. The van der Waals surface area contributed by atoms with E-state index in [9.17, 15) is 4.21 Å². The second-order valence-corrected chi connectivity index (χ2v) is 7.90. The van der Waals surface area contributed by atoms with Crippen molar-refractivity contribution < 1.29 is 4.21 Å². The van der Waals surface area contributed by atoms with Crippen LogP contribution in [-0.2, 0) is 11.0 Å². The van der Waals surface area contributed by atoms with Gasteiger partial charge in [-0.25, -0.2) is 9.19 Å². The van der Waals surface area contributed by atoms with Gasteiger partial charge in [-0.2, -0.15) is 0 Å². The van der Waals surface area contributed by atoms with Gasteiger partial charge in [0.05, 0.1) is 17.3 Å². The van der Waals surface area contributed by atoms with Gasteiger partial charge in [0.2, 0.25) is 0 Å². The summed E-state index contributed by atoms with van der Waals surface area (Å²) >= 11 is 0. The summed E-state index contributed by atoms with van der Waals surface area (Å²) in [5.41, 5.74) is 3.79. The zero-order valence-corrected chi connectivity index (χ0v) is 17.2. The van der Waals surface area contributed by atoms with Crippen LogP contribution >= 0.6 is 0 Å². The van der Waals surface area contributed by atoms with Crippen molar-refractivity contribution in [3.8, 4) is 0 Å². The fraction of sp³-hybridized carbons (Fsp3) is 0.130. The zero-order chi connectivity index (χ0) is 20.8. The number of nitrogens with zero attached hydrogens (tertiary/aromatic N) is 4. The molecule has 0 radical (unpaired) electrons. The number of hydrogen-bond donors (Lipinski definition) is 1. The molecule has 0 aliphatic carbocycles. The van der Waals surface area contributed by atoms with Crippen LogP contribution in [0.15, 0.2) is 91.6 Å². The lowest BCUT2D eigenvalue weighted by molar-refractivity contribution is 0.653. The first-order valence-electron chi connectivity index (χ1n) is 9.50. The first kappa shape index (κ1) is 19.8. The monoisotopic (exact) mass is 415 g/mol. The normalized spacial score (nSPS) is 13.0. The molecule has 0 aliphatic rings. The number of anilines is 1. The van der Waals surface area contributed by atoms with Gasteiger partial charge in [0, 0.05) is 43.2 Å². The van der Waals surface area contributed by atoms with Gasteiger partial charge in [-0.15, -0.1) is 0 Å². The van der Waals surface area contributed by atoms with Crippen LogP contribution in [0.3, 0.4) is 0 Å². The molecule has 7 heteroatoms. The molecule has 1 N–H and O–H groups in total. The fourth-order valence-electron chi connectivity index (χ4n) is 3.58. The molecular weight excluding hydrogens is 394 g/mol. The second kappa shape index (κ2) is 9.37. The van der Waals surface area contributed by atoms with Gasteiger partial charge < -0.3 is 0 Å². The van der Waals surface area contributed by atoms with Crippen molar-refractivity contribution >= 4 is 16.8 Å². The maximum Gasteiger partial charge on any atom is 0.137 e. The van der Waals surface area contributed by atoms with Gasteiger partial charge >= 0.3 is 0 Å². The van der Waals surface area contributed by atoms with E-state index in [1.54, 1.807) is 24.8 Å². The summed E-state index contributed by atoms with van der Waals surface area (Å²) in [5.74, 6) is 0.272. The van der Waals surface area contributed by atoms with E-state index in [-0.39, 0.29) is 11.8 Å². The number of pyridine rings is 4. The van der Waals surface area contributed by atoms with E-state index in [2.05, 4.69) is 31.8 Å². The standard InChI is InChI=1S/C23H21N5OS/c1-30(29)28-21-11-4-10-20(27-21)23(19-9-2-3-14-26-19)22(17-7-5-12-24-15-17)18-8-6-13-25-16-18/h2-16,22-23H,1H3,(H,27,28). The van der Waals surface area contributed by atoms with Crippen molar-refractivity contribution in [1.82, 2.24) is 19.9 Å². The molecule has 0 spiro atoms. The maximum atomic E-state index is 11.7. The third-order valence-electron chi connectivity index (χ3n) is 4.76. The summed E-state index contributed by atoms with van der Waals surface area (Å²) in [5, 5.41) is 0. The van der Waals surface area contributed by atoms with Gasteiger partial charge in [0.1, 0.15) is 16.8 Å². The van der Waals surface area contributed by atoms with Crippen LogP contribution in [0.4, 0.5) is 5.82 Å². The Morgan fingerprint density at radius 1 is 0.767 bits per heavy atom. The molecule has 150 valence electrons. The van der Waals surface area contributed by atoms with Crippen molar-refractivity contribution in [2.75, 3.05) is 11.0 Å². The van der Waals surface area contributed by atoms with Crippen LogP contribution < -0.4 is 4.72 Å². The average Bonchev–Trinajstić information content (AvgIpc) is 2.79. The van der Waals surface area contributed by atoms with E-state index in [1.807, 2.05) is 60.9 Å². The molecule has 0 saturated heterocycles. The zero-order valence-electron chi connectivity index (χ0n) is 16.4.